The van der Waals surface area contributed by atoms with E-state index in [-0.39, 0.29) is 5.41 Å². The first-order valence-electron chi connectivity index (χ1n) is 6.20. The highest BCUT2D eigenvalue weighted by Gasteiger charge is 2.13. The smallest absolute Gasteiger partial charge is 0.394 e. The first-order valence-corrected chi connectivity index (χ1v) is 8.46. The van der Waals surface area contributed by atoms with Crippen molar-refractivity contribution in [2.75, 3.05) is 20.8 Å². The molecule has 122 valence electrons. The van der Waals surface area contributed by atoms with Crippen LogP contribution >= 0.6 is 17.2 Å². The fourth-order valence-corrected chi connectivity index (χ4v) is 1.89. The Labute approximate surface area is 129 Å². The maximum atomic E-state index is 8.93. The molecule has 2 unspecified atom stereocenters. The molecule has 8 heteroatoms. The summed E-state index contributed by atoms with van der Waals surface area (Å²) < 4.78 is 19.0. The number of hydrogen-bond acceptors (Lipinski definition) is 6. The van der Waals surface area contributed by atoms with Gasteiger partial charge in [-0.3, -0.25) is 0 Å². The van der Waals surface area contributed by atoms with Crippen molar-refractivity contribution >= 4 is 17.2 Å². The SMILES string of the molecule is COP(O)OCC(C)(C)C.COP(O)Oc1ccccc1. The Balaban J connectivity index is 0.000000384. The number of hydrogen-bond donors (Lipinski definition) is 2. The normalized spacial score (nSPS) is 13.9. The summed E-state index contributed by atoms with van der Waals surface area (Å²) in [6.45, 7) is 6.62. The Kier molecular flexibility index (Phi) is 11.1. The van der Waals surface area contributed by atoms with Gasteiger partial charge >= 0.3 is 17.2 Å². The number of para-hydroxylation sites is 1. The molecule has 1 aromatic rings. The molecule has 0 radical (unpaired) electrons. The molecule has 0 fully saturated rings. The van der Waals surface area contributed by atoms with Gasteiger partial charge in [-0.25, -0.2) is 0 Å². The summed E-state index contributed by atoms with van der Waals surface area (Å²) in [5, 5.41) is 0. The molecule has 0 saturated heterocycles. The van der Waals surface area contributed by atoms with Crippen LogP contribution in [0.25, 0.3) is 0 Å². The molecular formula is C13H24O6P2. The summed E-state index contributed by atoms with van der Waals surface area (Å²) in [6.07, 6.45) is 0. The van der Waals surface area contributed by atoms with Crippen molar-refractivity contribution in [2.24, 2.45) is 5.41 Å². The Morgan fingerprint density at radius 3 is 1.90 bits per heavy atom. The summed E-state index contributed by atoms with van der Waals surface area (Å²) in [7, 11) is -0.575. The summed E-state index contributed by atoms with van der Waals surface area (Å²) in [5.41, 5.74) is 0.0852. The molecule has 0 amide bonds. The average Bonchev–Trinajstić information content (AvgIpc) is 2.45. The fraction of sp³-hybridized carbons (Fsp3) is 0.538. The van der Waals surface area contributed by atoms with Crippen molar-refractivity contribution in [1.82, 2.24) is 0 Å². The Morgan fingerprint density at radius 2 is 1.48 bits per heavy atom. The van der Waals surface area contributed by atoms with Crippen molar-refractivity contribution in [1.29, 1.82) is 0 Å². The third-order valence-electron chi connectivity index (χ3n) is 1.85. The van der Waals surface area contributed by atoms with Crippen LogP contribution in [0.1, 0.15) is 20.8 Å². The molecule has 21 heavy (non-hydrogen) atoms. The molecule has 0 heterocycles. The van der Waals surface area contributed by atoms with E-state index in [1.165, 1.54) is 14.2 Å². The van der Waals surface area contributed by atoms with Crippen molar-refractivity contribution in [3.8, 4) is 5.75 Å². The zero-order chi connectivity index (χ0) is 16.3. The van der Waals surface area contributed by atoms with Crippen molar-refractivity contribution < 1.29 is 27.9 Å². The lowest BCUT2D eigenvalue weighted by Crippen LogP contribution is -2.12. The summed E-state index contributed by atoms with van der Waals surface area (Å²) in [5.74, 6) is 0.614. The average molecular weight is 338 g/mol. The lowest BCUT2D eigenvalue weighted by atomic mass is 9.99. The highest BCUT2D eigenvalue weighted by atomic mass is 31.2. The van der Waals surface area contributed by atoms with Crippen LogP contribution in [-0.2, 0) is 13.6 Å². The molecule has 1 rings (SSSR count). The van der Waals surface area contributed by atoms with Crippen LogP contribution in [0, 0.1) is 5.41 Å². The number of benzene rings is 1. The van der Waals surface area contributed by atoms with E-state index in [4.69, 9.17) is 18.8 Å². The third kappa shape index (κ3) is 13.1. The topological polar surface area (TPSA) is 77.4 Å². The molecule has 0 spiro atoms. The molecule has 6 nitrogen and oxygen atoms in total. The van der Waals surface area contributed by atoms with Crippen LogP contribution in [0.5, 0.6) is 5.75 Å². The van der Waals surface area contributed by atoms with Gasteiger partial charge in [-0.15, -0.1) is 0 Å². The minimum Gasteiger partial charge on any atom is -0.427 e. The van der Waals surface area contributed by atoms with E-state index in [2.05, 4.69) is 9.05 Å². The maximum absolute atomic E-state index is 8.93. The van der Waals surface area contributed by atoms with Crippen molar-refractivity contribution in [2.45, 2.75) is 20.8 Å². The van der Waals surface area contributed by atoms with Crippen LogP contribution in [0.2, 0.25) is 0 Å². The first kappa shape index (κ1) is 20.7. The highest BCUT2D eigenvalue weighted by Crippen LogP contribution is 2.34. The molecule has 2 atom stereocenters. The molecular weight excluding hydrogens is 314 g/mol. The minimum absolute atomic E-state index is 0.0852. The molecule has 0 saturated carbocycles. The second-order valence-electron chi connectivity index (χ2n) is 5.08. The van der Waals surface area contributed by atoms with Gasteiger partial charge in [0.05, 0.1) is 6.61 Å². The van der Waals surface area contributed by atoms with Crippen LogP contribution < -0.4 is 4.52 Å². The van der Waals surface area contributed by atoms with Gasteiger partial charge in [0.15, 0.2) is 0 Å². The highest BCUT2D eigenvalue weighted by molar-refractivity contribution is 7.41. The van der Waals surface area contributed by atoms with Gasteiger partial charge in [0.25, 0.3) is 0 Å². The summed E-state index contributed by atoms with van der Waals surface area (Å²) in [4.78, 5) is 17.8. The molecule has 0 aliphatic rings. The molecule has 2 N–H and O–H groups in total. The van der Waals surface area contributed by atoms with Crippen LogP contribution in [0.4, 0.5) is 0 Å². The van der Waals surface area contributed by atoms with Gasteiger partial charge in [-0.1, -0.05) is 39.0 Å². The quantitative estimate of drug-likeness (QED) is 0.767. The minimum atomic E-state index is -1.75. The Hall–Kier alpha value is -0.320. The van der Waals surface area contributed by atoms with E-state index in [0.717, 1.165) is 0 Å². The molecule has 0 aliphatic carbocycles. The molecule has 1 aromatic carbocycles. The number of rotatable bonds is 6. The summed E-state index contributed by atoms with van der Waals surface area (Å²) >= 11 is 0. The predicted octanol–water partition coefficient (Wildman–Crippen LogP) is 3.85. The largest absolute Gasteiger partial charge is 0.427 e. The fourth-order valence-electron chi connectivity index (χ4n) is 0.910. The van der Waals surface area contributed by atoms with Gasteiger partial charge in [0.1, 0.15) is 5.75 Å². The van der Waals surface area contributed by atoms with Crippen LogP contribution in [0.3, 0.4) is 0 Å². The maximum Gasteiger partial charge on any atom is 0.394 e. The second kappa shape index (κ2) is 11.3. The molecule has 0 bridgehead atoms. The zero-order valence-electron chi connectivity index (χ0n) is 13.0. The Bertz CT molecular complexity index is 357. The van der Waals surface area contributed by atoms with E-state index < -0.39 is 17.2 Å². The standard InChI is InChI=1S/C7H9O3P.C6H15O3P/c1-9-11(8)10-7-5-3-2-4-6-7;1-6(2,3)5-9-10(7)8-4/h2-6,8H,1H3;7H,5H2,1-4H3. The van der Waals surface area contributed by atoms with E-state index in [0.29, 0.717) is 12.4 Å². The van der Waals surface area contributed by atoms with Crippen molar-refractivity contribution in [3.05, 3.63) is 30.3 Å². The van der Waals surface area contributed by atoms with E-state index >= 15 is 0 Å². The Morgan fingerprint density at radius 1 is 0.952 bits per heavy atom. The van der Waals surface area contributed by atoms with Gasteiger partial charge in [-0.05, 0) is 17.5 Å². The third-order valence-corrected chi connectivity index (χ3v) is 3.19. The first-order chi connectivity index (χ1) is 9.78. The van der Waals surface area contributed by atoms with E-state index in [1.54, 1.807) is 12.1 Å². The van der Waals surface area contributed by atoms with Gasteiger partial charge in [0.2, 0.25) is 0 Å². The van der Waals surface area contributed by atoms with Gasteiger partial charge in [-0.2, -0.15) is 0 Å². The van der Waals surface area contributed by atoms with Crippen LogP contribution in [-0.4, -0.2) is 30.6 Å². The van der Waals surface area contributed by atoms with E-state index in [9.17, 15) is 0 Å². The zero-order valence-corrected chi connectivity index (χ0v) is 14.8. The molecule has 0 aromatic heterocycles. The van der Waals surface area contributed by atoms with Crippen molar-refractivity contribution in [3.63, 3.8) is 0 Å². The molecule has 0 aliphatic heterocycles. The second-order valence-corrected chi connectivity index (χ2v) is 7.20. The lowest BCUT2D eigenvalue weighted by Gasteiger charge is -2.18. The van der Waals surface area contributed by atoms with Crippen LogP contribution in [0.15, 0.2) is 30.3 Å². The van der Waals surface area contributed by atoms with E-state index in [1.807, 2.05) is 39.0 Å². The lowest BCUT2D eigenvalue weighted by molar-refractivity contribution is 0.161. The van der Waals surface area contributed by atoms with Gasteiger partial charge < -0.3 is 27.9 Å². The summed E-state index contributed by atoms with van der Waals surface area (Å²) in [6, 6.07) is 9.04. The monoisotopic (exact) mass is 338 g/mol. The van der Waals surface area contributed by atoms with Gasteiger partial charge in [0, 0.05) is 14.2 Å². The predicted molar refractivity (Wildman–Crippen MR) is 84.8 cm³/mol.